The van der Waals surface area contributed by atoms with Crippen molar-refractivity contribution in [3.8, 4) is 0 Å². The molecule has 1 aliphatic rings. The molecule has 7 nitrogen and oxygen atoms in total. The van der Waals surface area contributed by atoms with Crippen molar-refractivity contribution in [1.82, 2.24) is 14.2 Å². The zero-order chi connectivity index (χ0) is 24.5. The average Bonchev–Trinajstić information content (AvgIpc) is 3.59. The molecule has 11 heteroatoms. The Balaban J connectivity index is 1.70. The first-order valence-corrected chi connectivity index (χ1v) is 14.9. The van der Waals surface area contributed by atoms with Crippen molar-refractivity contribution in [2.75, 3.05) is 37.6 Å². The number of likely N-dealkylation sites (N-methyl/N-ethyl adjacent to an activating group) is 1. The van der Waals surface area contributed by atoms with Crippen LogP contribution in [0.2, 0.25) is 5.02 Å². The summed E-state index contributed by atoms with van der Waals surface area (Å²) in [7, 11) is -3.73. The maximum absolute atomic E-state index is 13.9. The number of anilines is 1. The van der Waals surface area contributed by atoms with Crippen molar-refractivity contribution in [2.45, 2.75) is 43.9 Å². The SMILES string of the molecule is CCN(CC)CCN(C(=O)C1CCCN1S(=O)(=O)c1cccs1)c1nc2c(C)ccc(Cl)c2s1. The maximum Gasteiger partial charge on any atom is 0.253 e. The molecule has 1 fully saturated rings. The van der Waals surface area contributed by atoms with E-state index in [1.54, 1.807) is 22.4 Å². The van der Waals surface area contributed by atoms with Gasteiger partial charge in [0, 0.05) is 19.6 Å². The van der Waals surface area contributed by atoms with Gasteiger partial charge in [0.2, 0.25) is 5.91 Å². The van der Waals surface area contributed by atoms with Crippen LogP contribution in [0.15, 0.2) is 33.9 Å². The number of aryl methyl sites for hydroxylation is 1. The molecule has 1 unspecified atom stereocenters. The first kappa shape index (κ1) is 25.5. The first-order valence-electron chi connectivity index (χ1n) is 11.4. The van der Waals surface area contributed by atoms with E-state index in [4.69, 9.17) is 16.6 Å². The van der Waals surface area contributed by atoms with E-state index in [0.717, 1.165) is 28.9 Å². The molecule has 0 N–H and O–H groups in total. The number of hydrogen-bond donors (Lipinski definition) is 0. The van der Waals surface area contributed by atoms with Gasteiger partial charge in [-0.3, -0.25) is 9.69 Å². The summed E-state index contributed by atoms with van der Waals surface area (Å²) < 4.78 is 29.1. The highest BCUT2D eigenvalue weighted by molar-refractivity contribution is 7.91. The number of nitrogens with zero attached hydrogens (tertiary/aromatic N) is 4. The fraction of sp³-hybridized carbons (Fsp3) is 0.478. The van der Waals surface area contributed by atoms with E-state index < -0.39 is 16.1 Å². The summed E-state index contributed by atoms with van der Waals surface area (Å²) in [5.41, 5.74) is 1.77. The third-order valence-corrected chi connectivity index (χ3v) is 11.1. The molecule has 1 atom stereocenters. The number of halogens is 1. The van der Waals surface area contributed by atoms with Crippen molar-refractivity contribution >= 4 is 65.6 Å². The summed E-state index contributed by atoms with van der Waals surface area (Å²) >= 11 is 9.00. The number of thiazole rings is 1. The summed E-state index contributed by atoms with van der Waals surface area (Å²) in [6, 6.07) is 6.33. The summed E-state index contributed by atoms with van der Waals surface area (Å²) in [5.74, 6) is -0.224. The van der Waals surface area contributed by atoms with Gasteiger partial charge in [0.25, 0.3) is 10.0 Å². The Morgan fingerprint density at radius 1 is 1.24 bits per heavy atom. The van der Waals surface area contributed by atoms with Crippen LogP contribution in [0.4, 0.5) is 5.13 Å². The number of hydrogen-bond acceptors (Lipinski definition) is 7. The van der Waals surface area contributed by atoms with Gasteiger partial charge in [0.05, 0.1) is 15.2 Å². The van der Waals surface area contributed by atoms with Gasteiger partial charge in [-0.25, -0.2) is 13.4 Å². The van der Waals surface area contributed by atoms with E-state index in [0.29, 0.717) is 42.6 Å². The van der Waals surface area contributed by atoms with Crippen molar-refractivity contribution in [3.63, 3.8) is 0 Å². The number of fused-ring (bicyclic) bond motifs is 1. The smallest absolute Gasteiger partial charge is 0.253 e. The predicted molar refractivity (Wildman–Crippen MR) is 141 cm³/mol. The third-order valence-electron chi connectivity index (χ3n) is 6.26. The second-order valence-corrected chi connectivity index (χ2v) is 12.7. The molecule has 1 amide bonds. The highest BCUT2D eigenvalue weighted by Crippen LogP contribution is 2.37. The molecular weight excluding hydrogens is 512 g/mol. The van der Waals surface area contributed by atoms with Crippen LogP contribution in [0, 0.1) is 6.92 Å². The van der Waals surface area contributed by atoms with Crippen molar-refractivity contribution in [2.24, 2.45) is 0 Å². The van der Waals surface area contributed by atoms with Gasteiger partial charge in [-0.2, -0.15) is 4.31 Å². The highest BCUT2D eigenvalue weighted by atomic mass is 35.5. The molecule has 184 valence electrons. The number of carbonyl (C=O) groups excluding carboxylic acids is 1. The molecule has 2 aromatic heterocycles. The van der Waals surface area contributed by atoms with Gasteiger partial charge < -0.3 is 4.90 Å². The molecule has 3 aromatic rings. The molecular formula is C23H29ClN4O3S3. The Bertz CT molecular complexity index is 1220. The van der Waals surface area contributed by atoms with Gasteiger partial charge >= 0.3 is 0 Å². The number of rotatable bonds is 9. The summed E-state index contributed by atoms with van der Waals surface area (Å²) in [4.78, 5) is 22.6. The minimum Gasteiger partial charge on any atom is -0.302 e. The number of carbonyl (C=O) groups is 1. The fourth-order valence-electron chi connectivity index (χ4n) is 4.27. The van der Waals surface area contributed by atoms with E-state index in [2.05, 4.69) is 18.7 Å². The number of aromatic nitrogens is 1. The summed E-state index contributed by atoms with van der Waals surface area (Å²) in [6.45, 7) is 9.32. The topological polar surface area (TPSA) is 73.8 Å². The van der Waals surface area contributed by atoms with Crippen molar-refractivity contribution in [3.05, 3.63) is 40.2 Å². The molecule has 3 heterocycles. The molecule has 1 aromatic carbocycles. The minimum atomic E-state index is -3.73. The minimum absolute atomic E-state index is 0.224. The second-order valence-electron chi connectivity index (χ2n) is 8.26. The van der Waals surface area contributed by atoms with Gasteiger partial charge in [-0.1, -0.05) is 48.9 Å². The Morgan fingerprint density at radius 2 is 2.00 bits per heavy atom. The Hall–Kier alpha value is -1.56. The van der Waals surface area contributed by atoms with Gasteiger partial charge in [-0.15, -0.1) is 11.3 Å². The van der Waals surface area contributed by atoms with Crippen LogP contribution < -0.4 is 4.90 Å². The van der Waals surface area contributed by atoms with Gasteiger partial charge in [-0.05, 0) is 55.9 Å². The number of sulfonamides is 1. The first-order chi connectivity index (χ1) is 16.3. The molecule has 0 bridgehead atoms. The van der Waals surface area contributed by atoms with E-state index in [1.165, 1.54) is 27.0 Å². The molecule has 0 aliphatic carbocycles. The van der Waals surface area contributed by atoms with Crippen LogP contribution in [0.1, 0.15) is 32.3 Å². The lowest BCUT2D eigenvalue weighted by molar-refractivity contribution is -0.121. The Labute approximate surface area is 214 Å². The molecule has 4 rings (SSSR count). The second kappa shape index (κ2) is 10.6. The van der Waals surface area contributed by atoms with Crippen LogP contribution in [-0.2, 0) is 14.8 Å². The lowest BCUT2D eigenvalue weighted by Gasteiger charge is -2.29. The molecule has 1 saturated heterocycles. The molecule has 0 radical (unpaired) electrons. The third kappa shape index (κ3) is 4.89. The number of amides is 1. The van der Waals surface area contributed by atoms with Crippen LogP contribution in [-0.4, -0.2) is 67.3 Å². The molecule has 0 spiro atoms. The Kier molecular flexibility index (Phi) is 7.95. The number of benzene rings is 1. The van der Waals surface area contributed by atoms with E-state index in [-0.39, 0.29) is 10.1 Å². The van der Waals surface area contributed by atoms with Crippen molar-refractivity contribution < 1.29 is 13.2 Å². The van der Waals surface area contributed by atoms with E-state index >= 15 is 0 Å². The van der Waals surface area contributed by atoms with Gasteiger partial charge in [0.1, 0.15) is 10.3 Å². The monoisotopic (exact) mass is 540 g/mol. The molecule has 0 saturated carbocycles. The Morgan fingerprint density at radius 3 is 2.65 bits per heavy atom. The highest BCUT2D eigenvalue weighted by Gasteiger charge is 2.42. The summed E-state index contributed by atoms with van der Waals surface area (Å²) in [5, 5.41) is 2.90. The molecule has 1 aliphatic heterocycles. The predicted octanol–water partition coefficient (Wildman–Crippen LogP) is 4.85. The largest absolute Gasteiger partial charge is 0.302 e. The normalized spacial score (nSPS) is 17.1. The van der Waals surface area contributed by atoms with E-state index in [9.17, 15) is 13.2 Å². The maximum atomic E-state index is 13.9. The zero-order valence-electron chi connectivity index (χ0n) is 19.5. The van der Waals surface area contributed by atoms with Crippen LogP contribution in [0.3, 0.4) is 0 Å². The zero-order valence-corrected chi connectivity index (χ0v) is 22.7. The quantitative estimate of drug-likeness (QED) is 0.388. The lowest BCUT2D eigenvalue weighted by atomic mass is 10.2. The number of thiophene rings is 1. The van der Waals surface area contributed by atoms with Crippen LogP contribution in [0.5, 0.6) is 0 Å². The lowest BCUT2D eigenvalue weighted by Crippen LogP contribution is -2.49. The van der Waals surface area contributed by atoms with E-state index in [1.807, 2.05) is 19.1 Å². The van der Waals surface area contributed by atoms with Crippen LogP contribution >= 0.6 is 34.3 Å². The molecule has 34 heavy (non-hydrogen) atoms. The van der Waals surface area contributed by atoms with Crippen molar-refractivity contribution in [1.29, 1.82) is 0 Å². The van der Waals surface area contributed by atoms with Gasteiger partial charge in [0.15, 0.2) is 5.13 Å². The standard InChI is InChI=1S/C23H29ClN4O3S3/c1-4-26(5-2)13-14-27(23-25-20-16(3)10-11-17(24)21(20)33-23)22(29)18-8-6-12-28(18)34(30,31)19-9-7-15-32-19/h7,9-11,15,18H,4-6,8,12-14H2,1-3H3. The fourth-order valence-corrected chi connectivity index (χ4v) is 8.39. The van der Waals surface area contributed by atoms with Crippen LogP contribution in [0.25, 0.3) is 10.2 Å². The average molecular weight is 541 g/mol. The summed E-state index contributed by atoms with van der Waals surface area (Å²) in [6.07, 6.45) is 1.14.